The number of carboxylic acid groups (broad SMARTS) is 1. The van der Waals surface area contributed by atoms with Gasteiger partial charge in [0, 0.05) is 18.7 Å². The number of carbonyl (C=O) groups is 2. The van der Waals surface area contributed by atoms with Crippen LogP contribution in [0.15, 0.2) is 18.3 Å². The number of carboxylic acids is 1. The van der Waals surface area contributed by atoms with Gasteiger partial charge in [0.1, 0.15) is 11.8 Å². The summed E-state index contributed by atoms with van der Waals surface area (Å²) in [5, 5.41) is 19.7. The van der Waals surface area contributed by atoms with E-state index in [-0.39, 0.29) is 24.1 Å². The summed E-state index contributed by atoms with van der Waals surface area (Å²) in [5.74, 6) is -1.27. The van der Waals surface area contributed by atoms with E-state index in [1.807, 2.05) is 6.07 Å². The van der Waals surface area contributed by atoms with Crippen LogP contribution in [0.5, 0.6) is 0 Å². The van der Waals surface area contributed by atoms with E-state index in [0.717, 1.165) is 0 Å². The third-order valence-electron chi connectivity index (χ3n) is 2.29. The van der Waals surface area contributed by atoms with Gasteiger partial charge >= 0.3 is 5.97 Å². The van der Waals surface area contributed by atoms with Crippen LogP contribution >= 0.6 is 0 Å². The molecule has 1 atom stereocenters. The summed E-state index contributed by atoms with van der Waals surface area (Å²) in [6, 6.07) is 4.62. The van der Waals surface area contributed by atoms with E-state index in [2.05, 4.69) is 10.3 Å². The van der Waals surface area contributed by atoms with Gasteiger partial charge in [0.25, 0.3) is 5.91 Å². The van der Waals surface area contributed by atoms with Gasteiger partial charge < -0.3 is 10.4 Å². The first-order valence-electron chi connectivity index (χ1n) is 5.41. The second-order valence-electron chi connectivity index (χ2n) is 3.85. The van der Waals surface area contributed by atoms with Gasteiger partial charge in [0.15, 0.2) is 0 Å². The number of hydrogen-bond acceptors (Lipinski definition) is 4. The molecule has 0 radical (unpaired) electrons. The van der Waals surface area contributed by atoms with Gasteiger partial charge in [-0.1, -0.05) is 0 Å². The smallest absolute Gasteiger partial charge is 0.303 e. The quantitative estimate of drug-likeness (QED) is 0.805. The molecule has 1 unspecified atom stereocenters. The van der Waals surface area contributed by atoms with E-state index in [1.165, 1.54) is 18.3 Å². The highest BCUT2D eigenvalue weighted by Crippen LogP contribution is 2.01. The predicted molar refractivity (Wildman–Crippen MR) is 62.8 cm³/mol. The molecule has 1 heterocycles. The van der Waals surface area contributed by atoms with Crippen LogP contribution in [0.2, 0.25) is 0 Å². The first-order chi connectivity index (χ1) is 8.52. The summed E-state index contributed by atoms with van der Waals surface area (Å²) in [6.07, 6.45) is 1.68. The van der Waals surface area contributed by atoms with Gasteiger partial charge in [-0.05, 0) is 25.5 Å². The number of aromatic nitrogens is 1. The molecule has 1 aromatic rings. The van der Waals surface area contributed by atoms with E-state index >= 15 is 0 Å². The van der Waals surface area contributed by atoms with Crippen molar-refractivity contribution < 1.29 is 14.7 Å². The van der Waals surface area contributed by atoms with Crippen molar-refractivity contribution in [1.29, 1.82) is 5.26 Å². The Morgan fingerprint density at radius 3 is 2.78 bits per heavy atom. The molecule has 1 rings (SSSR count). The Hall–Kier alpha value is -2.42. The molecular weight excluding hydrogens is 234 g/mol. The van der Waals surface area contributed by atoms with Crippen LogP contribution in [0.25, 0.3) is 0 Å². The number of amides is 1. The fraction of sp³-hybridized carbons (Fsp3) is 0.333. The Kier molecular flexibility index (Phi) is 4.81. The highest BCUT2D eigenvalue weighted by molar-refractivity contribution is 5.92. The van der Waals surface area contributed by atoms with Crippen LogP contribution in [-0.4, -0.2) is 28.0 Å². The summed E-state index contributed by atoms with van der Waals surface area (Å²) < 4.78 is 0. The number of aliphatic carboxylic acids is 1. The van der Waals surface area contributed by atoms with E-state index in [9.17, 15) is 9.59 Å². The second-order valence-corrected chi connectivity index (χ2v) is 3.85. The first-order valence-corrected chi connectivity index (χ1v) is 5.41. The third kappa shape index (κ3) is 4.22. The minimum absolute atomic E-state index is 0.00223. The van der Waals surface area contributed by atoms with Crippen LogP contribution in [0.4, 0.5) is 0 Å². The highest BCUT2D eigenvalue weighted by Gasteiger charge is 2.11. The molecule has 0 aromatic carbocycles. The minimum Gasteiger partial charge on any atom is -0.481 e. The van der Waals surface area contributed by atoms with E-state index in [0.29, 0.717) is 12.0 Å². The maximum absolute atomic E-state index is 11.7. The normalized spacial score (nSPS) is 11.3. The number of hydrogen-bond donors (Lipinski definition) is 2. The number of carbonyl (C=O) groups excluding carboxylic acids is 1. The Balaban J connectivity index is 2.54. The van der Waals surface area contributed by atoms with Crippen LogP contribution in [0, 0.1) is 11.3 Å². The highest BCUT2D eigenvalue weighted by atomic mass is 16.4. The Labute approximate surface area is 104 Å². The standard InChI is InChI=1S/C12H13N3O3/c1-8(2-5-11(16)17)15-12(18)10-4-3-9(6-13)7-14-10/h3-4,7-8H,2,5H2,1H3,(H,15,18)(H,16,17). The van der Waals surface area contributed by atoms with Gasteiger partial charge in [-0.3, -0.25) is 9.59 Å². The third-order valence-corrected chi connectivity index (χ3v) is 2.29. The molecule has 1 aromatic heterocycles. The number of pyridine rings is 1. The lowest BCUT2D eigenvalue weighted by Gasteiger charge is -2.12. The van der Waals surface area contributed by atoms with E-state index in [1.54, 1.807) is 6.92 Å². The minimum atomic E-state index is -0.896. The molecule has 0 saturated carbocycles. The monoisotopic (exact) mass is 247 g/mol. The van der Waals surface area contributed by atoms with Crippen LogP contribution in [0.1, 0.15) is 35.8 Å². The van der Waals surface area contributed by atoms with Gasteiger partial charge in [0.05, 0.1) is 5.56 Å². The van der Waals surface area contributed by atoms with Crippen molar-refractivity contribution in [3.05, 3.63) is 29.6 Å². The molecule has 2 N–H and O–H groups in total. The van der Waals surface area contributed by atoms with Gasteiger partial charge in [-0.2, -0.15) is 5.26 Å². The molecule has 1 amide bonds. The van der Waals surface area contributed by atoms with Crippen LogP contribution in [0.3, 0.4) is 0 Å². The fourth-order valence-electron chi connectivity index (χ4n) is 1.30. The van der Waals surface area contributed by atoms with Gasteiger partial charge in [0.2, 0.25) is 0 Å². The molecule has 18 heavy (non-hydrogen) atoms. The van der Waals surface area contributed by atoms with Crippen molar-refractivity contribution >= 4 is 11.9 Å². The van der Waals surface area contributed by atoms with Crippen molar-refractivity contribution in [2.24, 2.45) is 0 Å². The molecule has 6 heteroatoms. The molecule has 6 nitrogen and oxygen atoms in total. The number of nitrogens with zero attached hydrogens (tertiary/aromatic N) is 2. The number of rotatable bonds is 5. The van der Waals surface area contributed by atoms with Crippen molar-refractivity contribution in [3.63, 3.8) is 0 Å². The zero-order valence-corrected chi connectivity index (χ0v) is 9.88. The van der Waals surface area contributed by atoms with Gasteiger partial charge in [-0.15, -0.1) is 0 Å². The molecular formula is C12H13N3O3. The molecule has 0 bridgehead atoms. The van der Waals surface area contributed by atoms with Crippen LogP contribution in [-0.2, 0) is 4.79 Å². The summed E-state index contributed by atoms with van der Waals surface area (Å²) in [4.78, 5) is 25.9. The van der Waals surface area contributed by atoms with Gasteiger partial charge in [-0.25, -0.2) is 4.98 Å². The largest absolute Gasteiger partial charge is 0.481 e. The predicted octanol–water partition coefficient (Wildman–Crippen LogP) is 0.936. The Bertz CT molecular complexity index is 476. The maximum atomic E-state index is 11.7. The molecule has 0 spiro atoms. The lowest BCUT2D eigenvalue weighted by atomic mass is 10.2. The topological polar surface area (TPSA) is 103 Å². The van der Waals surface area contributed by atoms with Crippen molar-refractivity contribution in [2.75, 3.05) is 0 Å². The van der Waals surface area contributed by atoms with Crippen LogP contribution < -0.4 is 5.32 Å². The lowest BCUT2D eigenvalue weighted by Crippen LogP contribution is -2.33. The molecule has 0 saturated heterocycles. The molecule has 0 aliphatic rings. The zero-order valence-electron chi connectivity index (χ0n) is 9.88. The fourth-order valence-corrected chi connectivity index (χ4v) is 1.30. The second kappa shape index (κ2) is 6.35. The lowest BCUT2D eigenvalue weighted by molar-refractivity contribution is -0.137. The van der Waals surface area contributed by atoms with E-state index < -0.39 is 5.97 Å². The molecule has 0 aliphatic heterocycles. The Morgan fingerprint density at radius 1 is 1.56 bits per heavy atom. The van der Waals surface area contributed by atoms with Crippen molar-refractivity contribution in [3.8, 4) is 6.07 Å². The average Bonchev–Trinajstić information content (AvgIpc) is 2.36. The summed E-state index contributed by atoms with van der Waals surface area (Å²) in [5.41, 5.74) is 0.585. The number of nitriles is 1. The molecule has 0 aliphatic carbocycles. The maximum Gasteiger partial charge on any atom is 0.303 e. The SMILES string of the molecule is CC(CCC(=O)O)NC(=O)c1ccc(C#N)cn1. The summed E-state index contributed by atoms with van der Waals surface area (Å²) >= 11 is 0. The van der Waals surface area contributed by atoms with Crippen molar-refractivity contribution in [2.45, 2.75) is 25.8 Å². The Morgan fingerprint density at radius 2 is 2.28 bits per heavy atom. The summed E-state index contributed by atoms with van der Waals surface area (Å²) in [7, 11) is 0. The zero-order chi connectivity index (χ0) is 13.5. The van der Waals surface area contributed by atoms with E-state index in [4.69, 9.17) is 10.4 Å². The van der Waals surface area contributed by atoms with Crippen molar-refractivity contribution in [1.82, 2.24) is 10.3 Å². The molecule has 0 fully saturated rings. The first kappa shape index (κ1) is 13.6. The summed E-state index contributed by atoms with van der Waals surface area (Å²) in [6.45, 7) is 1.73. The molecule has 94 valence electrons. The average molecular weight is 247 g/mol. The number of nitrogens with one attached hydrogen (secondary N) is 1.